The lowest BCUT2D eigenvalue weighted by Crippen LogP contribution is -2.58. The number of hydrogen-bond acceptors (Lipinski definition) is 6. The number of benzene rings is 2. The SMILES string of the molecule is CC(C)(C)C(=O)Nc1ccc2c(c1)oc1ccc(S(=O)(=O)N3CCSC(C)(C)C3C(=O)O)cc12. The molecule has 0 saturated carbocycles. The zero-order valence-corrected chi connectivity index (χ0v) is 21.3. The molecule has 1 saturated heterocycles. The fourth-order valence-corrected chi connectivity index (χ4v) is 7.20. The zero-order valence-electron chi connectivity index (χ0n) is 19.7. The maximum Gasteiger partial charge on any atom is 0.323 e. The standard InChI is InChI=1S/C24H28N2O6S2/c1-23(2,3)22(29)25-14-6-8-16-17-13-15(7-9-18(17)32-19(16)12-14)34(30,31)26-10-11-33-24(4,5)20(26)21(27)28/h6-9,12-13,20H,10-11H2,1-5H3,(H,25,29)(H,27,28). The molecule has 2 aromatic carbocycles. The second-order valence-corrected chi connectivity index (χ2v) is 13.6. The molecule has 4 rings (SSSR count). The molecule has 0 radical (unpaired) electrons. The van der Waals surface area contributed by atoms with Gasteiger partial charge < -0.3 is 14.8 Å². The third kappa shape index (κ3) is 4.30. The van der Waals surface area contributed by atoms with E-state index in [-0.39, 0.29) is 17.3 Å². The molecule has 1 aromatic heterocycles. The first kappa shape index (κ1) is 24.6. The van der Waals surface area contributed by atoms with Gasteiger partial charge in [0, 0.05) is 45.0 Å². The van der Waals surface area contributed by atoms with E-state index in [9.17, 15) is 23.1 Å². The van der Waals surface area contributed by atoms with E-state index in [2.05, 4.69) is 5.32 Å². The Morgan fingerprint density at radius 3 is 2.47 bits per heavy atom. The monoisotopic (exact) mass is 504 g/mol. The number of sulfonamides is 1. The van der Waals surface area contributed by atoms with Crippen molar-refractivity contribution in [2.24, 2.45) is 5.41 Å². The van der Waals surface area contributed by atoms with Crippen LogP contribution >= 0.6 is 11.8 Å². The number of furan rings is 1. The van der Waals surface area contributed by atoms with Crippen LogP contribution in [0.25, 0.3) is 21.9 Å². The molecule has 1 amide bonds. The quantitative estimate of drug-likeness (QED) is 0.536. The van der Waals surface area contributed by atoms with Gasteiger partial charge in [-0.3, -0.25) is 9.59 Å². The average molecular weight is 505 g/mol. The summed E-state index contributed by atoms with van der Waals surface area (Å²) in [6.45, 7) is 9.08. The number of carboxylic acid groups (broad SMARTS) is 1. The van der Waals surface area contributed by atoms with E-state index in [1.807, 2.05) is 20.8 Å². The summed E-state index contributed by atoms with van der Waals surface area (Å²) in [5, 5.41) is 14.0. The Labute approximate surface area is 202 Å². The second-order valence-electron chi connectivity index (χ2n) is 9.98. The Balaban J connectivity index is 1.75. The molecule has 1 aliphatic rings. The summed E-state index contributed by atoms with van der Waals surface area (Å²) in [7, 11) is -4.07. The molecule has 1 atom stereocenters. The van der Waals surface area contributed by atoms with E-state index < -0.39 is 32.2 Å². The van der Waals surface area contributed by atoms with Crippen LogP contribution in [0.15, 0.2) is 45.7 Å². The molecule has 1 aliphatic heterocycles. The van der Waals surface area contributed by atoms with Crippen LogP contribution in [0.5, 0.6) is 0 Å². The predicted molar refractivity (Wildman–Crippen MR) is 134 cm³/mol. The summed E-state index contributed by atoms with van der Waals surface area (Å²) in [5.41, 5.74) is 1.03. The number of carbonyl (C=O) groups is 2. The summed E-state index contributed by atoms with van der Waals surface area (Å²) >= 11 is 1.45. The van der Waals surface area contributed by atoms with Crippen molar-refractivity contribution in [3.8, 4) is 0 Å². The highest BCUT2D eigenvalue weighted by molar-refractivity contribution is 8.00. The molecule has 0 aliphatic carbocycles. The largest absolute Gasteiger partial charge is 0.480 e. The number of thioether (sulfide) groups is 1. The van der Waals surface area contributed by atoms with Crippen LogP contribution in [0, 0.1) is 5.41 Å². The minimum absolute atomic E-state index is 0.0155. The normalized spacial score (nSPS) is 19.4. The van der Waals surface area contributed by atoms with Crippen molar-refractivity contribution in [1.29, 1.82) is 0 Å². The lowest BCUT2D eigenvalue weighted by atomic mass is 9.95. The smallest absolute Gasteiger partial charge is 0.323 e. The fraction of sp³-hybridized carbons (Fsp3) is 0.417. The van der Waals surface area contributed by atoms with Crippen LogP contribution in [-0.2, 0) is 19.6 Å². The van der Waals surface area contributed by atoms with Crippen LogP contribution < -0.4 is 5.32 Å². The van der Waals surface area contributed by atoms with Gasteiger partial charge in [-0.15, -0.1) is 0 Å². The van der Waals surface area contributed by atoms with Crippen LogP contribution in [0.1, 0.15) is 34.6 Å². The van der Waals surface area contributed by atoms with Crippen molar-refractivity contribution < 1.29 is 27.5 Å². The Kier molecular flexibility index (Phi) is 5.98. The molecule has 34 heavy (non-hydrogen) atoms. The van der Waals surface area contributed by atoms with Crippen molar-refractivity contribution in [2.45, 2.75) is 50.3 Å². The Morgan fingerprint density at radius 2 is 1.82 bits per heavy atom. The number of hydrogen-bond donors (Lipinski definition) is 2. The van der Waals surface area contributed by atoms with Gasteiger partial charge >= 0.3 is 5.97 Å². The maximum absolute atomic E-state index is 13.5. The van der Waals surface area contributed by atoms with E-state index in [0.29, 0.717) is 33.4 Å². The number of nitrogens with one attached hydrogen (secondary N) is 1. The zero-order chi connectivity index (χ0) is 25.1. The van der Waals surface area contributed by atoms with Gasteiger partial charge in [-0.25, -0.2) is 8.42 Å². The molecule has 2 N–H and O–H groups in total. The molecule has 0 spiro atoms. The van der Waals surface area contributed by atoms with Crippen molar-refractivity contribution >= 4 is 61.3 Å². The highest BCUT2D eigenvalue weighted by atomic mass is 32.2. The summed E-state index contributed by atoms with van der Waals surface area (Å²) in [6, 6.07) is 8.59. The number of nitrogens with zero attached hydrogens (tertiary/aromatic N) is 1. The van der Waals surface area contributed by atoms with Crippen LogP contribution in [-0.4, -0.2) is 52.8 Å². The van der Waals surface area contributed by atoms with Gasteiger partial charge in [0.15, 0.2) is 0 Å². The van der Waals surface area contributed by atoms with E-state index in [4.69, 9.17) is 4.42 Å². The van der Waals surface area contributed by atoms with Gasteiger partial charge in [0.05, 0.1) is 4.90 Å². The summed E-state index contributed by atoms with van der Waals surface area (Å²) in [5.74, 6) is -0.789. The van der Waals surface area contributed by atoms with Crippen molar-refractivity contribution in [1.82, 2.24) is 4.31 Å². The van der Waals surface area contributed by atoms with Gasteiger partial charge in [-0.05, 0) is 44.2 Å². The number of fused-ring (bicyclic) bond motifs is 3. The Hall–Kier alpha value is -2.56. The molecule has 3 aromatic rings. The maximum atomic E-state index is 13.5. The number of anilines is 1. The highest BCUT2D eigenvalue weighted by Gasteiger charge is 2.48. The molecule has 0 bridgehead atoms. The lowest BCUT2D eigenvalue weighted by Gasteiger charge is -2.42. The number of amides is 1. The number of carboxylic acids is 1. The topological polar surface area (TPSA) is 117 Å². The average Bonchev–Trinajstić information content (AvgIpc) is 3.08. The fourth-order valence-electron chi connectivity index (χ4n) is 4.08. The third-order valence-electron chi connectivity index (χ3n) is 5.95. The molecular formula is C24H28N2O6S2. The van der Waals surface area contributed by atoms with Crippen LogP contribution in [0.3, 0.4) is 0 Å². The van der Waals surface area contributed by atoms with E-state index in [1.54, 1.807) is 38.1 Å². The van der Waals surface area contributed by atoms with E-state index >= 15 is 0 Å². The molecule has 10 heteroatoms. The molecule has 8 nitrogen and oxygen atoms in total. The minimum Gasteiger partial charge on any atom is -0.480 e. The lowest BCUT2D eigenvalue weighted by molar-refractivity contribution is -0.142. The Morgan fingerprint density at radius 1 is 1.12 bits per heavy atom. The highest BCUT2D eigenvalue weighted by Crippen LogP contribution is 2.39. The molecule has 1 fully saturated rings. The van der Waals surface area contributed by atoms with Gasteiger partial charge in [0.25, 0.3) is 0 Å². The van der Waals surface area contributed by atoms with Crippen molar-refractivity contribution in [3.05, 3.63) is 36.4 Å². The summed E-state index contributed by atoms with van der Waals surface area (Å²) < 4.78 is 33.3. The van der Waals surface area contributed by atoms with Gasteiger partial charge in [0.2, 0.25) is 15.9 Å². The van der Waals surface area contributed by atoms with Gasteiger partial charge in [0.1, 0.15) is 17.2 Å². The van der Waals surface area contributed by atoms with Gasteiger partial charge in [-0.2, -0.15) is 16.1 Å². The first-order valence-corrected chi connectivity index (χ1v) is 13.3. The second kappa shape index (κ2) is 8.28. The first-order chi connectivity index (χ1) is 15.7. The van der Waals surface area contributed by atoms with Crippen LogP contribution in [0.2, 0.25) is 0 Å². The summed E-state index contributed by atoms with van der Waals surface area (Å²) in [6.07, 6.45) is 0. The molecular weight excluding hydrogens is 476 g/mol. The molecule has 182 valence electrons. The van der Waals surface area contributed by atoms with E-state index in [1.165, 1.54) is 23.9 Å². The number of carbonyl (C=O) groups excluding carboxylic acids is 1. The van der Waals surface area contributed by atoms with Crippen molar-refractivity contribution in [3.63, 3.8) is 0 Å². The van der Waals surface area contributed by atoms with E-state index in [0.717, 1.165) is 4.31 Å². The Bertz CT molecular complexity index is 1400. The van der Waals surface area contributed by atoms with Crippen molar-refractivity contribution in [2.75, 3.05) is 17.6 Å². The molecule has 1 unspecified atom stereocenters. The molecule has 2 heterocycles. The number of rotatable bonds is 4. The summed E-state index contributed by atoms with van der Waals surface area (Å²) in [4.78, 5) is 24.3. The van der Waals surface area contributed by atoms with Crippen LogP contribution in [0.4, 0.5) is 5.69 Å². The minimum atomic E-state index is -4.07. The third-order valence-corrected chi connectivity index (χ3v) is 9.17. The number of aliphatic carboxylic acids is 1. The first-order valence-electron chi connectivity index (χ1n) is 10.9. The predicted octanol–water partition coefficient (Wildman–Crippen LogP) is 4.54. The van der Waals surface area contributed by atoms with Gasteiger partial charge in [-0.1, -0.05) is 20.8 Å².